The predicted molar refractivity (Wildman–Crippen MR) is 158 cm³/mol. The molecule has 1 aliphatic heterocycles. The van der Waals surface area contributed by atoms with Crippen LogP contribution in [0.25, 0.3) is 33.3 Å². The first-order chi connectivity index (χ1) is 19.5. The van der Waals surface area contributed by atoms with Gasteiger partial charge in [0.05, 0.1) is 16.8 Å². The van der Waals surface area contributed by atoms with Gasteiger partial charge in [-0.3, -0.25) is 4.90 Å². The summed E-state index contributed by atoms with van der Waals surface area (Å²) in [5.74, 6) is -1.57. The second-order valence-corrected chi connectivity index (χ2v) is 10.3. The number of pyridine rings is 1. The van der Waals surface area contributed by atoms with Crippen LogP contribution in [-0.2, 0) is 6.54 Å². The molecule has 0 spiro atoms. The van der Waals surface area contributed by atoms with Crippen LogP contribution in [-0.4, -0.2) is 47.1 Å². The van der Waals surface area contributed by atoms with E-state index in [1.54, 1.807) is 13.0 Å². The third-order valence-electron chi connectivity index (χ3n) is 7.76. The van der Waals surface area contributed by atoms with E-state index in [0.717, 1.165) is 55.0 Å². The number of aromatic nitrogens is 1. The molecule has 1 aromatic heterocycles. The Morgan fingerprint density at radius 2 is 1.55 bits per heavy atom. The zero-order chi connectivity index (χ0) is 27.6. The summed E-state index contributed by atoms with van der Waals surface area (Å²) in [7, 11) is 0. The fourth-order valence-electron chi connectivity index (χ4n) is 5.70. The Bertz CT molecular complexity index is 1680. The van der Waals surface area contributed by atoms with E-state index in [4.69, 9.17) is 4.98 Å². The second kappa shape index (κ2) is 10.9. The van der Waals surface area contributed by atoms with Gasteiger partial charge in [0, 0.05) is 49.4 Å². The van der Waals surface area contributed by atoms with E-state index in [1.807, 2.05) is 30.3 Å². The Hall–Kier alpha value is -4.55. The molecule has 1 aliphatic rings. The fourth-order valence-corrected chi connectivity index (χ4v) is 5.70. The first-order valence-corrected chi connectivity index (χ1v) is 13.5. The SMILES string of the molecule is Cc1c(-c2ccc(-c3ccccc3)c(CN3CCN(c4ccccc4)CC3)c2)nc2ccc(F)cc2c1C(=O)O. The van der Waals surface area contributed by atoms with Gasteiger partial charge >= 0.3 is 5.97 Å². The van der Waals surface area contributed by atoms with Gasteiger partial charge in [0.1, 0.15) is 5.82 Å². The normalized spacial score (nSPS) is 14.0. The third-order valence-corrected chi connectivity index (χ3v) is 7.76. The van der Waals surface area contributed by atoms with E-state index in [1.165, 1.54) is 17.8 Å². The highest BCUT2D eigenvalue weighted by atomic mass is 19.1. The van der Waals surface area contributed by atoms with E-state index >= 15 is 0 Å². The van der Waals surface area contributed by atoms with Crippen LogP contribution in [0.15, 0.2) is 97.1 Å². The molecule has 5 nitrogen and oxygen atoms in total. The van der Waals surface area contributed by atoms with Crippen LogP contribution < -0.4 is 4.90 Å². The molecular weight excluding hydrogens is 501 g/mol. The Morgan fingerprint density at radius 1 is 0.850 bits per heavy atom. The maximum Gasteiger partial charge on any atom is 0.336 e. The van der Waals surface area contributed by atoms with E-state index in [2.05, 4.69) is 58.3 Å². The summed E-state index contributed by atoms with van der Waals surface area (Å²) in [6.07, 6.45) is 0. The number of halogens is 1. The van der Waals surface area contributed by atoms with E-state index in [9.17, 15) is 14.3 Å². The molecule has 0 aliphatic carbocycles. The lowest BCUT2D eigenvalue weighted by atomic mass is 9.93. The topological polar surface area (TPSA) is 56.7 Å². The first-order valence-electron chi connectivity index (χ1n) is 13.5. The molecule has 0 bridgehead atoms. The maximum absolute atomic E-state index is 14.0. The summed E-state index contributed by atoms with van der Waals surface area (Å²) in [4.78, 5) is 22.0. The molecule has 1 fully saturated rings. The van der Waals surface area contributed by atoms with Crippen LogP contribution >= 0.6 is 0 Å². The van der Waals surface area contributed by atoms with Crippen molar-refractivity contribution in [1.82, 2.24) is 9.88 Å². The largest absolute Gasteiger partial charge is 0.478 e. The predicted octanol–water partition coefficient (Wildman–Crippen LogP) is 7.04. The molecule has 0 saturated carbocycles. The molecule has 1 N–H and O–H groups in total. The highest BCUT2D eigenvalue weighted by Gasteiger charge is 2.22. The number of nitrogens with zero attached hydrogens (tertiary/aromatic N) is 3. The second-order valence-electron chi connectivity index (χ2n) is 10.3. The first kappa shape index (κ1) is 25.7. The summed E-state index contributed by atoms with van der Waals surface area (Å²) >= 11 is 0. The molecule has 0 radical (unpaired) electrons. The minimum Gasteiger partial charge on any atom is -0.478 e. The number of anilines is 1. The van der Waals surface area contributed by atoms with Crippen LogP contribution in [0.3, 0.4) is 0 Å². The van der Waals surface area contributed by atoms with E-state index in [-0.39, 0.29) is 5.56 Å². The standard InChI is InChI=1S/C34H30FN3O2/c1-23-32(34(39)40)30-21-27(35)13-15-31(30)36-33(23)25-12-14-29(24-8-4-2-5-9-24)26(20-25)22-37-16-18-38(19-17-37)28-10-6-3-7-11-28/h2-15,20-21H,16-19,22H2,1H3,(H,39,40). The maximum atomic E-state index is 14.0. The number of aromatic carboxylic acids is 1. The molecule has 200 valence electrons. The summed E-state index contributed by atoms with van der Waals surface area (Å²) in [5, 5.41) is 10.3. The Kier molecular flexibility index (Phi) is 7.01. The van der Waals surface area contributed by atoms with Gasteiger partial charge in [0.2, 0.25) is 0 Å². The van der Waals surface area contributed by atoms with Crippen LogP contribution in [0.4, 0.5) is 10.1 Å². The number of hydrogen-bond donors (Lipinski definition) is 1. The zero-order valence-electron chi connectivity index (χ0n) is 22.3. The molecular formula is C34H30FN3O2. The van der Waals surface area contributed by atoms with E-state index < -0.39 is 11.8 Å². The summed E-state index contributed by atoms with van der Waals surface area (Å²) < 4.78 is 14.0. The Balaban J connectivity index is 1.38. The van der Waals surface area contributed by atoms with Gasteiger partial charge in [-0.1, -0.05) is 60.7 Å². The van der Waals surface area contributed by atoms with Gasteiger partial charge < -0.3 is 10.0 Å². The smallest absolute Gasteiger partial charge is 0.336 e. The van der Waals surface area contributed by atoms with Crippen molar-refractivity contribution >= 4 is 22.6 Å². The average Bonchev–Trinajstić information content (AvgIpc) is 2.98. The van der Waals surface area contributed by atoms with Crippen molar-refractivity contribution < 1.29 is 14.3 Å². The van der Waals surface area contributed by atoms with Crippen LogP contribution in [0.5, 0.6) is 0 Å². The van der Waals surface area contributed by atoms with Crippen LogP contribution in [0.1, 0.15) is 21.5 Å². The zero-order valence-corrected chi connectivity index (χ0v) is 22.3. The van der Waals surface area contributed by atoms with Crippen molar-refractivity contribution in [3.8, 4) is 22.4 Å². The fraction of sp³-hybridized carbons (Fsp3) is 0.176. The highest BCUT2D eigenvalue weighted by Crippen LogP contribution is 2.34. The van der Waals surface area contributed by atoms with Gasteiger partial charge in [0.15, 0.2) is 0 Å². The molecule has 0 unspecified atom stereocenters. The van der Waals surface area contributed by atoms with Crippen LogP contribution in [0.2, 0.25) is 0 Å². The van der Waals surface area contributed by atoms with Crippen molar-refractivity contribution in [2.24, 2.45) is 0 Å². The van der Waals surface area contributed by atoms with Crippen molar-refractivity contribution in [2.75, 3.05) is 31.1 Å². The number of carboxylic acids is 1. The molecule has 2 heterocycles. The lowest BCUT2D eigenvalue weighted by Gasteiger charge is -2.36. The van der Waals surface area contributed by atoms with Crippen molar-refractivity contribution in [2.45, 2.75) is 13.5 Å². The van der Waals surface area contributed by atoms with Gasteiger partial charge in [-0.05, 0) is 65.6 Å². The molecule has 0 atom stereocenters. The molecule has 5 aromatic rings. The minimum atomic E-state index is -1.09. The number of hydrogen-bond acceptors (Lipinski definition) is 4. The monoisotopic (exact) mass is 531 g/mol. The number of piperazine rings is 1. The number of benzene rings is 4. The summed E-state index contributed by atoms with van der Waals surface area (Å²) in [6, 6.07) is 31.2. The number of rotatable bonds is 6. The van der Waals surface area contributed by atoms with Gasteiger partial charge in [-0.2, -0.15) is 0 Å². The molecule has 4 aromatic carbocycles. The number of fused-ring (bicyclic) bond motifs is 1. The lowest BCUT2D eigenvalue weighted by molar-refractivity contribution is 0.0698. The third kappa shape index (κ3) is 5.06. The lowest BCUT2D eigenvalue weighted by Crippen LogP contribution is -2.46. The quantitative estimate of drug-likeness (QED) is 0.255. The van der Waals surface area contributed by atoms with Crippen molar-refractivity contribution in [3.63, 3.8) is 0 Å². The van der Waals surface area contributed by atoms with Crippen molar-refractivity contribution in [3.05, 3.63) is 120 Å². The number of carboxylic acid groups (broad SMARTS) is 1. The molecule has 6 heteroatoms. The average molecular weight is 532 g/mol. The van der Waals surface area contributed by atoms with Gasteiger partial charge in [0.25, 0.3) is 0 Å². The number of para-hydroxylation sites is 1. The summed E-state index contributed by atoms with van der Waals surface area (Å²) in [6.45, 7) is 6.31. The van der Waals surface area contributed by atoms with E-state index in [0.29, 0.717) is 22.2 Å². The highest BCUT2D eigenvalue weighted by molar-refractivity contribution is 6.05. The molecule has 40 heavy (non-hydrogen) atoms. The Labute approximate surface area is 233 Å². The summed E-state index contributed by atoms with van der Waals surface area (Å²) in [5.41, 5.74) is 7.23. The molecule has 6 rings (SSSR count). The van der Waals surface area contributed by atoms with Crippen LogP contribution in [0, 0.1) is 12.7 Å². The molecule has 0 amide bonds. The minimum absolute atomic E-state index is 0.0882. The molecule has 1 saturated heterocycles. The van der Waals surface area contributed by atoms with Gasteiger partial charge in [-0.15, -0.1) is 0 Å². The Morgan fingerprint density at radius 3 is 2.25 bits per heavy atom. The van der Waals surface area contributed by atoms with Gasteiger partial charge in [-0.25, -0.2) is 14.2 Å². The van der Waals surface area contributed by atoms with Crippen molar-refractivity contribution in [1.29, 1.82) is 0 Å². The number of carbonyl (C=O) groups is 1.